The van der Waals surface area contributed by atoms with Crippen LogP contribution >= 0.6 is 15.9 Å². The van der Waals surface area contributed by atoms with Crippen molar-refractivity contribution >= 4 is 33.7 Å². The van der Waals surface area contributed by atoms with Crippen LogP contribution in [0.1, 0.15) is 32.3 Å². The minimum atomic E-state index is -0.264. The summed E-state index contributed by atoms with van der Waals surface area (Å²) in [6.45, 7) is 6.87. The largest absolute Gasteiger partial charge is 0.474 e. The highest BCUT2D eigenvalue weighted by atomic mass is 79.9. The van der Waals surface area contributed by atoms with Gasteiger partial charge in [0, 0.05) is 42.7 Å². The zero-order chi connectivity index (χ0) is 20.1. The van der Waals surface area contributed by atoms with Gasteiger partial charge in [-0.05, 0) is 48.3 Å². The van der Waals surface area contributed by atoms with Gasteiger partial charge in [-0.15, -0.1) is 0 Å². The Kier molecular flexibility index (Phi) is 6.66. The van der Waals surface area contributed by atoms with Gasteiger partial charge in [0.15, 0.2) is 0 Å². The van der Waals surface area contributed by atoms with Gasteiger partial charge in [-0.1, -0.05) is 0 Å². The summed E-state index contributed by atoms with van der Waals surface area (Å²) in [5.41, 5.74) is 0.996. The van der Waals surface area contributed by atoms with Gasteiger partial charge >= 0.3 is 6.09 Å². The number of nitrogens with one attached hydrogen (secondary N) is 1. The Morgan fingerprint density at radius 1 is 1.25 bits per heavy atom. The van der Waals surface area contributed by atoms with E-state index >= 15 is 0 Å². The molecule has 2 aromatic heterocycles. The molecule has 150 valence electrons. The molecule has 1 amide bonds. The first-order chi connectivity index (χ1) is 13.4. The molecule has 9 heteroatoms. The summed E-state index contributed by atoms with van der Waals surface area (Å²) < 4.78 is 12.2. The van der Waals surface area contributed by atoms with Crippen LogP contribution in [0.5, 0.6) is 5.88 Å². The molecule has 1 aliphatic rings. The summed E-state index contributed by atoms with van der Waals surface area (Å²) in [4.78, 5) is 26.5. The van der Waals surface area contributed by atoms with E-state index in [1.807, 2.05) is 26.8 Å². The predicted octanol–water partition coefficient (Wildman–Crippen LogP) is 4.07. The topological polar surface area (TPSA) is 89.5 Å². The van der Waals surface area contributed by atoms with Gasteiger partial charge in [-0.25, -0.2) is 19.7 Å². The number of ether oxygens (including phenoxy) is 2. The third kappa shape index (κ3) is 5.54. The van der Waals surface area contributed by atoms with E-state index in [-0.39, 0.29) is 18.3 Å². The molecule has 1 aliphatic heterocycles. The van der Waals surface area contributed by atoms with Crippen molar-refractivity contribution in [1.82, 2.24) is 19.9 Å². The molecule has 0 bridgehead atoms. The smallest absolute Gasteiger partial charge is 0.410 e. The Morgan fingerprint density at radius 3 is 2.68 bits per heavy atom. The number of rotatable bonds is 5. The molecule has 0 spiro atoms. The van der Waals surface area contributed by atoms with Crippen LogP contribution in [0, 0.1) is 6.92 Å². The van der Waals surface area contributed by atoms with Gasteiger partial charge in [0.25, 0.3) is 0 Å². The van der Waals surface area contributed by atoms with Crippen LogP contribution in [0.15, 0.2) is 29.1 Å². The van der Waals surface area contributed by atoms with Gasteiger partial charge in [-0.3, -0.25) is 0 Å². The molecule has 0 radical (unpaired) electrons. The molecule has 28 heavy (non-hydrogen) atoms. The molecule has 0 aromatic carbocycles. The lowest BCUT2D eigenvalue weighted by atomic mass is 10.1. The van der Waals surface area contributed by atoms with Crippen molar-refractivity contribution in [2.75, 3.05) is 18.4 Å². The number of amides is 1. The summed E-state index contributed by atoms with van der Waals surface area (Å²) in [7, 11) is 0. The van der Waals surface area contributed by atoms with Gasteiger partial charge in [0.05, 0.1) is 6.10 Å². The summed E-state index contributed by atoms with van der Waals surface area (Å²) in [5.74, 6) is 1.83. The number of halogens is 1. The van der Waals surface area contributed by atoms with E-state index in [0.717, 1.165) is 28.7 Å². The van der Waals surface area contributed by atoms with Crippen molar-refractivity contribution < 1.29 is 14.3 Å². The zero-order valence-corrected chi connectivity index (χ0v) is 17.8. The average Bonchev–Trinajstić information content (AvgIpc) is 2.64. The maximum absolute atomic E-state index is 12.0. The van der Waals surface area contributed by atoms with Crippen molar-refractivity contribution in [2.24, 2.45) is 0 Å². The second-order valence-electron chi connectivity index (χ2n) is 6.92. The van der Waals surface area contributed by atoms with E-state index in [4.69, 9.17) is 9.47 Å². The first kappa shape index (κ1) is 20.3. The fourth-order valence-corrected chi connectivity index (χ4v) is 3.31. The Labute approximate surface area is 172 Å². The van der Waals surface area contributed by atoms with Gasteiger partial charge in [0.2, 0.25) is 5.88 Å². The predicted molar refractivity (Wildman–Crippen MR) is 109 cm³/mol. The normalized spacial score (nSPS) is 14.8. The Morgan fingerprint density at radius 2 is 2.00 bits per heavy atom. The molecule has 2 aromatic rings. The van der Waals surface area contributed by atoms with Gasteiger partial charge < -0.3 is 19.7 Å². The van der Waals surface area contributed by atoms with E-state index in [2.05, 4.69) is 36.2 Å². The maximum Gasteiger partial charge on any atom is 0.410 e. The number of aromatic nitrogens is 3. The third-order valence-electron chi connectivity index (χ3n) is 4.26. The molecule has 3 rings (SSSR count). The molecule has 1 N–H and O–H groups in total. The Hall–Kier alpha value is -2.42. The number of pyridine rings is 1. The van der Waals surface area contributed by atoms with Crippen molar-refractivity contribution in [3.63, 3.8) is 0 Å². The molecule has 0 aliphatic carbocycles. The first-order valence-corrected chi connectivity index (χ1v) is 10.0. The van der Waals surface area contributed by atoms with E-state index in [0.29, 0.717) is 24.8 Å². The average molecular weight is 450 g/mol. The zero-order valence-electron chi connectivity index (χ0n) is 16.2. The van der Waals surface area contributed by atoms with Crippen molar-refractivity contribution in [2.45, 2.75) is 45.8 Å². The number of hydrogen-bond acceptors (Lipinski definition) is 7. The van der Waals surface area contributed by atoms with Crippen molar-refractivity contribution in [3.05, 3.63) is 34.7 Å². The first-order valence-electron chi connectivity index (χ1n) is 9.24. The highest BCUT2D eigenvalue weighted by Gasteiger charge is 2.25. The number of nitrogens with zero attached hydrogens (tertiary/aromatic N) is 4. The number of piperidine rings is 1. The third-order valence-corrected chi connectivity index (χ3v) is 4.69. The maximum atomic E-state index is 12.0. The molecule has 1 saturated heterocycles. The molecule has 0 unspecified atom stereocenters. The number of likely N-dealkylation sites (tertiary alicyclic amines) is 1. The second kappa shape index (κ2) is 9.18. The fraction of sp³-hybridized carbons (Fsp3) is 0.474. The molecular weight excluding hydrogens is 426 g/mol. The summed E-state index contributed by atoms with van der Waals surface area (Å²) >= 11 is 3.40. The number of hydrogen-bond donors (Lipinski definition) is 1. The van der Waals surface area contributed by atoms with Crippen LogP contribution in [0.25, 0.3) is 0 Å². The van der Waals surface area contributed by atoms with Crippen molar-refractivity contribution in [1.29, 1.82) is 0 Å². The highest BCUT2D eigenvalue weighted by molar-refractivity contribution is 9.10. The minimum Gasteiger partial charge on any atom is -0.474 e. The number of aryl methyl sites for hydroxylation is 1. The lowest BCUT2D eigenvalue weighted by molar-refractivity contribution is 0.0507. The van der Waals surface area contributed by atoms with Crippen LogP contribution in [-0.2, 0) is 4.74 Å². The van der Waals surface area contributed by atoms with E-state index in [9.17, 15) is 4.79 Å². The minimum absolute atomic E-state index is 0.00149. The second-order valence-corrected chi connectivity index (χ2v) is 7.84. The van der Waals surface area contributed by atoms with E-state index in [1.165, 1.54) is 6.33 Å². The van der Waals surface area contributed by atoms with Crippen LogP contribution in [0.2, 0.25) is 0 Å². The van der Waals surface area contributed by atoms with Gasteiger partial charge in [0.1, 0.15) is 24.1 Å². The Bertz CT molecular complexity index is 825. The number of anilines is 2. The Balaban J connectivity index is 1.56. The fourth-order valence-electron chi connectivity index (χ4n) is 2.87. The monoisotopic (exact) mass is 449 g/mol. The van der Waals surface area contributed by atoms with Crippen LogP contribution in [0.3, 0.4) is 0 Å². The molecule has 8 nitrogen and oxygen atoms in total. The van der Waals surface area contributed by atoms with Crippen molar-refractivity contribution in [3.8, 4) is 5.88 Å². The summed E-state index contributed by atoms with van der Waals surface area (Å²) in [5, 5.41) is 3.18. The molecule has 1 fully saturated rings. The summed E-state index contributed by atoms with van der Waals surface area (Å²) in [6, 6.07) is 3.73. The standard InChI is InChI=1S/C19H24BrN5O3/c1-12(2)27-19(26)25-6-4-15(5-7-25)28-17-9-16(22-11-23-17)24-18-13(3)8-14(20)10-21-18/h8-12,15H,4-7H2,1-3H3,(H,21,22,23,24). The van der Waals surface area contributed by atoms with E-state index in [1.54, 1.807) is 17.2 Å². The molecule has 0 saturated carbocycles. The molecular formula is C19H24BrN5O3. The van der Waals surface area contributed by atoms with Crippen LogP contribution < -0.4 is 10.1 Å². The van der Waals surface area contributed by atoms with Gasteiger partial charge in [-0.2, -0.15) is 0 Å². The SMILES string of the molecule is Cc1cc(Br)cnc1Nc1cc(OC2CCN(C(=O)OC(C)C)CC2)ncn1. The summed E-state index contributed by atoms with van der Waals surface area (Å²) in [6.07, 6.45) is 4.27. The lowest BCUT2D eigenvalue weighted by Crippen LogP contribution is -2.42. The quantitative estimate of drug-likeness (QED) is 0.735. The lowest BCUT2D eigenvalue weighted by Gasteiger charge is -2.31. The van der Waals surface area contributed by atoms with Crippen LogP contribution in [0.4, 0.5) is 16.4 Å². The molecule has 3 heterocycles. The molecule has 0 atom stereocenters. The number of carbonyl (C=O) groups excluding carboxylic acids is 1. The van der Waals surface area contributed by atoms with Crippen LogP contribution in [-0.4, -0.2) is 51.2 Å². The van der Waals surface area contributed by atoms with E-state index < -0.39 is 0 Å². The highest BCUT2D eigenvalue weighted by Crippen LogP contribution is 2.23. The number of carbonyl (C=O) groups is 1.